The second kappa shape index (κ2) is 5.21. The zero-order valence-corrected chi connectivity index (χ0v) is 10.8. The van der Waals surface area contributed by atoms with Crippen LogP contribution in [0.5, 0.6) is 0 Å². The van der Waals surface area contributed by atoms with Crippen LogP contribution >= 0.6 is 11.8 Å². The Morgan fingerprint density at radius 1 is 1.50 bits per heavy atom. The molecule has 0 unspecified atom stereocenters. The quantitative estimate of drug-likeness (QED) is 0.279. The third-order valence-corrected chi connectivity index (χ3v) is 3.07. The smallest absolute Gasteiger partial charge is 0.173 e. The number of rotatable bonds is 3. The minimum atomic E-state index is 0.119. The molecule has 1 aromatic heterocycles. The van der Waals surface area contributed by atoms with E-state index < -0.39 is 0 Å². The van der Waals surface area contributed by atoms with E-state index in [0.717, 1.165) is 21.8 Å². The Labute approximate surface area is 99.9 Å². The van der Waals surface area contributed by atoms with Crippen molar-refractivity contribution in [3.8, 4) is 0 Å². The number of aryl methyl sites for hydroxylation is 2. The van der Waals surface area contributed by atoms with Crippen molar-refractivity contribution < 1.29 is 5.21 Å². The molecule has 1 aromatic rings. The predicted octanol–water partition coefficient (Wildman–Crippen LogP) is 2.29. The molecule has 88 valence electrons. The standard InChI is InChI=1S/C11H17N3OS/c1-6(2)16-9-5-7(3)13-8(4)10(9)11(12)14-15/h5-6,15H,1-4H3,(H2,12,14). The van der Waals surface area contributed by atoms with Crippen molar-refractivity contribution in [3.63, 3.8) is 0 Å². The van der Waals surface area contributed by atoms with Gasteiger partial charge in [-0.25, -0.2) is 0 Å². The second-order valence-corrected chi connectivity index (χ2v) is 5.49. The molecule has 1 rings (SSSR count). The normalized spacial score (nSPS) is 12.2. The maximum Gasteiger partial charge on any atom is 0.173 e. The molecule has 0 amide bonds. The molecule has 3 N–H and O–H groups in total. The molecule has 0 fully saturated rings. The summed E-state index contributed by atoms with van der Waals surface area (Å²) in [6, 6.07) is 1.96. The fourth-order valence-electron chi connectivity index (χ4n) is 1.50. The predicted molar refractivity (Wildman–Crippen MR) is 67.2 cm³/mol. The molecule has 0 saturated heterocycles. The van der Waals surface area contributed by atoms with Crippen LogP contribution in [0.2, 0.25) is 0 Å². The zero-order valence-electron chi connectivity index (χ0n) is 9.98. The number of aromatic nitrogens is 1. The largest absolute Gasteiger partial charge is 0.409 e. The molecule has 16 heavy (non-hydrogen) atoms. The molecule has 0 bridgehead atoms. The Morgan fingerprint density at radius 3 is 2.62 bits per heavy atom. The molecule has 4 nitrogen and oxygen atoms in total. The minimum absolute atomic E-state index is 0.119. The van der Waals surface area contributed by atoms with Gasteiger partial charge in [0.1, 0.15) is 0 Å². The molecule has 0 radical (unpaired) electrons. The number of amidine groups is 1. The van der Waals surface area contributed by atoms with Crippen molar-refractivity contribution in [2.45, 2.75) is 37.8 Å². The summed E-state index contributed by atoms with van der Waals surface area (Å²) in [4.78, 5) is 5.33. The van der Waals surface area contributed by atoms with Gasteiger partial charge in [0.05, 0.1) is 5.56 Å². The average Bonchev–Trinajstić information content (AvgIpc) is 2.14. The number of thioether (sulfide) groups is 1. The van der Waals surface area contributed by atoms with E-state index in [1.54, 1.807) is 11.8 Å². The Kier molecular flexibility index (Phi) is 4.18. The maximum atomic E-state index is 8.77. The third kappa shape index (κ3) is 2.88. The van der Waals surface area contributed by atoms with E-state index >= 15 is 0 Å². The van der Waals surface area contributed by atoms with E-state index in [-0.39, 0.29) is 5.84 Å². The number of hydrogen-bond acceptors (Lipinski definition) is 4. The van der Waals surface area contributed by atoms with Gasteiger partial charge in [0.25, 0.3) is 0 Å². The van der Waals surface area contributed by atoms with Crippen LogP contribution < -0.4 is 5.73 Å². The number of oxime groups is 1. The molecule has 1 heterocycles. The summed E-state index contributed by atoms with van der Waals surface area (Å²) in [6.45, 7) is 8.01. The van der Waals surface area contributed by atoms with Crippen molar-refractivity contribution in [1.29, 1.82) is 0 Å². The van der Waals surface area contributed by atoms with E-state index in [0.29, 0.717) is 5.25 Å². The fraction of sp³-hybridized carbons (Fsp3) is 0.455. The van der Waals surface area contributed by atoms with Gasteiger partial charge in [-0.05, 0) is 19.9 Å². The van der Waals surface area contributed by atoms with E-state index in [9.17, 15) is 0 Å². The van der Waals surface area contributed by atoms with Gasteiger partial charge in [-0.2, -0.15) is 0 Å². The van der Waals surface area contributed by atoms with Crippen LogP contribution in [0.15, 0.2) is 16.1 Å². The van der Waals surface area contributed by atoms with Crippen LogP contribution in [0.3, 0.4) is 0 Å². The van der Waals surface area contributed by atoms with Crippen LogP contribution in [0, 0.1) is 13.8 Å². The first kappa shape index (κ1) is 12.8. The summed E-state index contributed by atoms with van der Waals surface area (Å²) in [6.07, 6.45) is 0. The van der Waals surface area contributed by atoms with Crippen molar-refractivity contribution in [2.75, 3.05) is 0 Å². The summed E-state index contributed by atoms with van der Waals surface area (Å²) < 4.78 is 0. The average molecular weight is 239 g/mol. The number of hydrogen-bond donors (Lipinski definition) is 2. The van der Waals surface area contributed by atoms with E-state index in [1.165, 1.54) is 0 Å². The van der Waals surface area contributed by atoms with Gasteiger partial charge in [0, 0.05) is 21.5 Å². The highest BCUT2D eigenvalue weighted by atomic mass is 32.2. The minimum Gasteiger partial charge on any atom is -0.409 e. The summed E-state index contributed by atoms with van der Waals surface area (Å²) in [5.74, 6) is 0.119. The lowest BCUT2D eigenvalue weighted by molar-refractivity contribution is 0.318. The second-order valence-electron chi connectivity index (χ2n) is 3.87. The summed E-state index contributed by atoms with van der Waals surface area (Å²) in [7, 11) is 0. The summed E-state index contributed by atoms with van der Waals surface area (Å²) >= 11 is 1.69. The Balaban J connectivity index is 3.32. The van der Waals surface area contributed by atoms with Crippen LogP contribution in [0.25, 0.3) is 0 Å². The topological polar surface area (TPSA) is 71.5 Å². The maximum absolute atomic E-state index is 8.77. The first-order chi connectivity index (χ1) is 7.45. The third-order valence-electron chi connectivity index (χ3n) is 2.02. The highest BCUT2D eigenvalue weighted by Crippen LogP contribution is 2.28. The lowest BCUT2D eigenvalue weighted by Gasteiger charge is -2.13. The van der Waals surface area contributed by atoms with Gasteiger partial charge in [-0.1, -0.05) is 19.0 Å². The molecular weight excluding hydrogens is 222 g/mol. The van der Waals surface area contributed by atoms with Gasteiger partial charge >= 0.3 is 0 Å². The Bertz CT molecular complexity index is 416. The van der Waals surface area contributed by atoms with Crippen LogP contribution in [-0.2, 0) is 0 Å². The molecule has 0 aromatic carbocycles. The van der Waals surface area contributed by atoms with Gasteiger partial charge in [-0.15, -0.1) is 11.8 Å². The van der Waals surface area contributed by atoms with Crippen LogP contribution in [0.4, 0.5) is 0 Å². The molecule has 0 aliphatic heterocycles. The highest BCUT2D eigenvalue weighted by molar-refractivity contribution is 8.00. The first-order valence-electron chi connectivity index (χ1n) is 5.08. The molecular formula is C11H17N3OS. The monoisotopic (exact) mass is 239 g/mol. The van der Waals surface area contributed by atoms with E-state index in [4.69, 9.17) is 10.9 Å². The van der Waals surface area contributed by atoms with Crippen LogP contribution in [0.1, 0.15) is 30.8 Å². The lowest BCUT2D eigenvalue weighted by atomic mass is 10.1. The fourth-order valence-corrected chi connectivity index (χ4v) is 2.62. The van der Waals surface area contributed by atoms with E-state index in [1.807, 2.05) is 19.9 Å². The van der Waals surface area contributed by atoms with E-state index in [2.05, 4.69) is 24.0 Å². The number of nitrogens with two attached hydrogens (primary N) is 1. The van der Waals surface area contributed by atoms with Crippen LogP contribution in [-0.4, -0.2) is 21.3 Å². The first-order valence-corrected chi connectivity index (χ1v) is 5.96. The summed E-state index contributed by atoms with van der Waals surface area (Å²) in [5.41, 5.74) is 8.13. The SMILES string of the molecule is Cc1cc(SC(C)C)c(/C(N)=N/O)c(C)n1. The zero-order chi connectivity index (χ0) is 12.3. The number of nitrogens with zero attached hydrogens (tertiary/aromatic N) is 2. The molecule has 0 saturated carbocycles. The Morgan fingerprint density at radius 2 is 2.12 bits per heavy atom. The highest BCUT2D eigenvalue weighted by Gasteiger charge is 2.14. The Hall–Kier alpha value is -1.23. The lowest BCUT2D eigenvalue weighted by Crippen LogP contribution is -2.17. The molecule has 5 heteroatoms. The van der Waals surface area contributed by atoms with Gasteiger partial charge in [-0.3, -0.25) is 4.98 Å². The van der Waals surface area contributed by atoms with Gasteiger partial charge in [0.15, 0.2) is 5.84 Å². The molecule has 0 aliphatic carbocycles. The molecule has 0 spiro atoms. The van der Waals surface area contributed by atoms with Crippen molar-refractivity contribution in [3.05, 3.63) is 23.0 Å². The van der Waals surface area contributed by atoms with Crippen molar-refractivity contribution >= 4 is 17.6 Å². The van der Waals surface area contributed by atoms with Crippen molar-refractivity contribution in [2.24, 2.45) is 10.9 Å². The van der Waals surface area contributed by atoms with Crippen molar-refractivity contribution in [1.82, 2.24) is 4.98 Å². The van der Waals surface area contributed by atoms with Gasteiger partial charge < -0.3 is 10.9 Å². The molecule has 0 aliphatic rings. The summed E-state index contributed by atoms with van der Waals surface area (Å²) in [5, 5.41) is 12.3. The van der Waals surface area contributed by atoms with Gasteiger partial charge in [0.2, 0.25) is 0 Å². The number of pyridine rings is 1. The molecule has 0 atom stereocenters.